The normalized spacial score (nSPS) is 11.4. The number of unbranched alkanes of at least 4 members (excludes halogenated alkanes) is 1. The second-order valence-corrected chi connectivity index (χ2v) is 3.93. The Hall–Kier alpha value is -0.0400. The molecule has 0 heterocycles. The molecule has 0 fully saturated rings. The number of aliphatic imine (C=N–C) groups is 1. The third-order valence-electron chi connectivity index (χ3n) is 2.65. The van der Waals surface area contributed by atoms with Gasteiger partial charge in [-0.3, -0.25) is 4.99 Å². The quantitative estimate of drug-likeness (QED) is 0.288. The van der Waals surface area contributed by atoms with Crippen molar-refractivity contribution in [2.24, 2.45) is 10.7 Å². The molecule has 0 atom stereocenters. The van der Waals surface area contributed by atoms with Crippen LogP contribution >= 0.6 is 24.0 Å². The number of nitrogens with one attached hydrogen (secondary N) is 1. The molecule has 0 amide bonds. The van der Waals surface area contributed by atoms with Gasteiger partial charge in [-0.1, -0.05) is 27.2 Å². The maximum absolute atomic E-state index is 5.72. The summed E-state index contributed by atoms with van der Waals surface area (Å²) in [6.07, 6.45) is 3.41. The molecule has 17 heavy (non-hydrogen) atoms. The summed E-state index contributed by atoms with van der Waals surface area (Å²) in [5, 5.41) is 3.11. The van der Waals surface area contributed by atoms with Crippen molar-refractivity contribution in [3.8, 4) is 0 Å². The molecular formula is C12H29IN4. The van der Waals surface area contributed by atoms with Gasteiger partial charge in [0.2, 0.25) is 0 Å². The van der Waals surface area contributed by atoms with Crippen molar-refractivity contribution < 1.29 is 0 Å². The molecule has 0 spiro atoms. The minimum atomic E-state index is 0. The predicted octanol–water partition coefficient (Wildman–Crippen LogP) is 2.04. The Balaban J connectivity index is 0. The fourth-order valence-electron chi connectivity index (χ4n) is 1.48. The summed E-state index contributed by atoms with van der Waals surface area (Å²) in [5.41, 5.74) is 5.72. The highest BCUT2D eigenvalue weighted by Gasteiger charge is 1.97. The Labute approximate surface area is 123 Å². The smallest absolute Gasteiger partial charge is 0.188 e. The molecule has 0 unspecified atom stereocenters. The van der Waals surface area contributed by atoms with Crippen molar-refractivity contribution in [2.45, 2.75) is 40.0 Å². The number of hydrogen-bond donors (Lipinski definition) is 2. The van der Waals surface area contributed by atoms with E-state index in [1.165, 1.54) is 6.42 Å². The summed E-state index contributed by atoms with van der Waals surface area (Å²) in [4.78, 5) is 6.69. The van der Waals surface area contributed by atoms with E-state index >= 15 is 0 Å². The average molecular weight is 356 g/mol. The molecule has 0 bridgehead atoms. The lowest BCUT2D eigenvalue weighted by Gasteiger charge is -2.16. The Morgan fingerprint density at radius 3 is 2.35 bits per heavy atom. The largest absolute Gasteiger partial charge is 0.370 e. The number of nitrogens with zero attached hydrogens (tertiary/aromatic N) is 2. The van der Waals surface area contributed by atoms with Crippen LogP contribution in [0, 0.1) is 0 Å². The van der Waals surface area contributed by atoms with E-state index in [2.05, 4.69) is 36.0 Å². The fraction of sp³-hybridized carbons (Fsp3) is 0.917. The van der Waals surface area contributed by atoms with Gasteiger partial charge in [0.1, 0.15) is 0 Å². The van der Waals surface area contributed by atoms with Gasteiger partial charge in [0.25, 0.3) is 0 Å². The van der Waals surface area contributed by atoms with Gasteiger partial charge < -0.3 is 16.0 Å². The van der Waals surface area contributed by atoms with E-state index in [1.54, 1.807) is 0 Å². The molecule has 0 radical (unpaired) electrons. The van der Waals surface area contributed by atoms with E-state index < -0.39 is 0 Å². The predicted molar refractivity (Wildman–Crippen MR) is 87.2 cm³/mol. The molecule has 0 rings (SSSR count). The van der Waals surface area contributed by atoms with Crippen LogP contribution in [0.1, 0.15) is 40.0 Å². The lowest BCUT2D eigenvalue weighted by atomic mass is 10.3. The maximum atomic E-state index is 5.72. The average Bonchev–Trinajstić information content (AvgIpc) is 2.30. The lowest BCUT2D eigenvalue weighted by Crippen LogP contribution is -2.32. The molecule has 0 aliphatic carbocycles. The van der Waals surface area contributed by atoms with Crippen molar-refractivity contribution in [2.75, 3.05) is 32.7 Å². The van der Waals surface area contributed by atoms with Gasteiger partial charge in [-0.2, -0.15) is 0 Å². The van der Waals surface area contributed by atoms with Crippen LogP contribution < -0.4 is 11.1 Å². The summed E-state index contributed by atoms with van der Waals surface area (Å²) in [7, 11) is 0. The van der Waals surface area contributed by atoms with Crippen molar-refractivity contribution in [3.05, 3.63) is 0 Å². The van der Waals surface area contributed by atoms with Crippen LogP contribution in [0.5, 0.6) is 0 Å². The van der Waals surface area contributed by atoms with Crippen molar-refractivity contribution in [1.82, 2.24) is 10.2 Å². The van der Waals surface area contributed by atoms with Crippen LogP contribution in [0.2, 0.25) is 0 Å². The van der Waals surface area contributed by atoms with Crippen molar-refractivity contribution >= 4 is 29.9 Å². The molecule has 0 saturated heterocycles. The molecule has 0 aliphatic rings. The molecule has 104 valence electrons. The number of halogens is 1. The highest BCUT2D eigenvalue weighted by Crippen LogP contribution is 1.91. The third kappa shape index (κ3) is 12.2. The van der Waals surface area contributed by atoms with Gasteiger partial charge in [0, 0.05) is 13.1 Å². The van der Waals surface area contributed by atoms with Gasteiger partial charge >= 0.3 is 0 Å². The lowest BCUT2D eigenvalue weighted by molar-refractivity contribution is 0.302. The minimum absolute atomic E-state index is 0. The SMILES string of the molecule is CCCCNC(N)=NCCCN(CC)CC.I. The zero-order valence-corrected chi connectivity index (χ0v) is 13.9. The second-order valence-electron chi connectivity index (χ2n) is 3.93. The third-order valence-corrected chi connectivity index (χ3v) is 2.65. The summed E-state index contributed by atoms with van der Waals surface area (Å²) in [5.74, 6) is 0.591. The molecule has 3 N–H and O–H groups in total. The first-order valence-corrected chi connectivity index (χ1v) is 6.50. The monoisotopic (exact) mass is 356 g/mol. The highest BCUT2D eigenvalue weighted by molar-refractivity contribution is 14.0. The summed E-state index contributed by atoms with van der Waals surface area (Å²) >= 11 is 0. The first-order valence-electron chi connectivity index (χ1n) is 6.50. The number of nitrogens with two attached hydrogens (primary N) is 1. The van der Waals surface area contributed by atoms with E-state index in [0.29, 0.717) is 5.96 Å². The summed E-state index contributed by atoms with van der Waals surface area (Å²) < 4.78 is 0. The number of guanidine groups is 1. The fourth-order valence-corrected chi connectivity index (χ4v) is 1.48. The van der Waals surface area contributed by atoms with Crippen molar-refractivity contribution in [3.63, 3.8) is 0 Å². The Kier molecular flexibility index (Phi) is 15.9. The zero-order chi connectivity index (χ0) is 12.2. The van der Waals surface area contributed by atoms with E-state index in [-0.39, 0.29) is 24.0 Å². The van der Waals surface area contributed by atoms with Gasteiger partial charge in [0.05, 0.1) is 0 Å². The Morgan fingerprint density at radius 1 is 1.18 bits per heavy atom. The van der Waals surface area contributed by atoms with Crippen LogP contribution in [0.4, 0.5) is 0 Å². The van der Waals surface area contributed by atoms with E-state index in [0.717, 1.165) is 45.6 Å². The second kappa shape index (κ2) is 14.0. The Morgan fingerprint density at radius 2 is 1.82 bits per heavy atom. The molecule has 4 nitrogen and oxygen atoms in total. The molecule has 0 aromatic carbocycles. The van der Waals surface area contributed by atoms with E-state index in [9.17, 15) is 0 Å². The van der Waals surface area contributed by atoms with E-state index in [4.69, 9.17) is 5.73 Å². The molecular weight excluding hydrogens is 327 g/mol. The summed E-state index contributed by atoms with van der Waals surface area (Å²) in [6.45, 7) is 11.6. The summed E-state index contributed by atoms with van der Waals surface area (Å²) in [6, 6.07) is 0. The molecule has 0 aliphatic heterocycles. The van der Waals surface area contributed by atoms with Crippen LogP contribution in [-0.4, -0.2) is 43.6 Å². The number of rotatable bonds is 9. The number of hydrogen-bond acceptors (Lipinski definition) is 2. The van der Waals surface area contributed by atoms with Gasteiger partial charge in [-0.15, -0.1) is 24.0 Å². The van der Waals surface area contributed by atoms with Crippen LogP contribution in [0.15, 0.2) is 4.99 Å². The molecule has 5 heteroatoms. The minimum Gasteiger partial charge on any atom is -0.370 e. The first kappa shape index (κ1) is 19.3. The van der Waals surface area contributed by atoms with E-state index in [1.807, 2.05) is 0 Å². The zero-order valence-electron chi connectivity index (χ0n) is 11.5. The first-order chi connectivity index (χ1) is 7.74. The van der Waals surface area contributed by atoms with Crippen LogP contribution in [0.3, 0.4) is 0 Å². The Bertz CT molecular complexity index is 181. The van der Waals surface area contributed by atoms with Gasteiger partial charge in [-0.25, -0.2) is 0 Å². The van der Waals surface area contributed by atoms with Gasteiger partial charge in [-0.05, 0) is 32.5 Å². The van der Waals surface area contributed by atoms with Crippen LogP contribution in [-0.2, 0) is 0 Å². The standard InChI is InChI=1S/C12H28N4.HI/c1-4-7-9-14-12(13)15-10-8-11-16(5-2)6-3;/h4-11H2,1-3H3,(H3,13,14,15);1H. The molecule has 0 aromatic rings. The topological polar surface area (TPSA) is 53.6 Å². The van der Waals surface area contributed by atoms with Crippen LogP contribution in [0.25, 0.3) is 0 Å². The highest BCUT2D eigenvalue weighted by atomic mass is 127. The van der Waals surface area contributed by atoms with Gasteiger partial charge in [0.15, 0.2) is 5.96 Å². The maximum Gasteiger partial charge on any atom is 0.188 e. The molecule has 0 saturated carbocycles. The molecule has 0 aromatic heterocycles. The van der Waals surface area contributed by atoms with Crippen molar-refractivity contribution in [1.29, 1.82) is 0 Å².